The molecule has 126 valence electrons. The Bertz CT molecular complexity index is 698. The quantitative estimate of drug-likeness (QED) is 0.570. The average Bonchev–Trinajstić information content (AvgIpc) is 2.60. The van der Waals surface area contributed by atoms with Gasteiger partial charge in [-0.1, -0.05) is 13.0 Å². The molecule has 0 aliphatic heterocycles. The van der Waals surface area contributed by atoms with Crippen LogP contribution >= 0.6 is 11.8 Å². The minimum atomic E-state index is 0.00830. The first-order valence-electron chi connectivity index (χ1n) is 7.82. The van der Waals surface area contributed by atoms with E-state index in [-0.39, 0.29) is 11.7 Å². The van der Waals surface area contributed by atoms with Crippen molar-refractivity contribution in [3.63, 3.8) is 0 Å². The fraction of sp³-hybridized carbons (Fsp3) is 0.263. The van der Waals surface area contributed by atoms with E-state index in [9.17, 15) is 9.59 Å². The molecule has 0 spiro atoms. The van der Waals surface area contributed by atoms with Crippen molar-refractivity contribution >= 4 is 29.1 Å². The molecule has 0 heterocycles. The number of hydrogen-bond acceptors (Lipinski definition) is 4. The van der Waals surface area contributed by atoms with E-state index in [4.69, 9.17) is 4.74 Å². The molecule has 0 fully saturated rings. The molecule has 2 aromatic rings. The van der Waals surface area contributed by atoms with Gasteiger partial charge in [-0.25, -0.2) is 0 Å². The number of methoxy groups -OCH3 is 1. The zero-order valence-corrected chi connectivity index (χ0v) is 14.7. The number of anilines is 1. The number of carbonyl (C=O) groups excluding carboxylic acids is 2. The van der Waals surface area contributed by atoms with E-state index < -0.39 is 0 Å². The summed E-state index contributed by atoms with van der Waals surface area (Å²) in [5.74, 6) is 1.14. The first-order chi connectivity index (χ1) is 11.6. The minimum Gasteiger partial charge on any atom is -0.497 e. The van der Waals surface area contributed by atoms with Crippen LogP contribution in [0.5, 0.6) is 5.75 Å². The number of nitrogens with one attached hydrogen (secondary N) is 1. The molecule has 2 aromatic carbocycles. The smallest absolute Gasteiger partial charge is 0.224 e. The fourth-order valence-electron chi connectivity index (χ4n) is 2.12. The molecule has 1 N–H and O–H groups in total. The lowest BCUT2D eigenvalue weighted by Crippen LogP contribution is -2.10. The van der Waals surface area contributed by atoms with Crippen LogP contribution in [0.25, 0.3) is 0 Å². The number of amides is 1. The van der Waals surface area contributed by atoms with Crippen LogP contribution in [0.1, 0.15) is 30.1 Å². The zero-order valence-electron chi connectivity index (χ0n) is 13.9. The molecular weight excluding hydrogens is 322 g/mol. The van der Waals surface area contributed by atoms with Crippen LogP contribution in [0.15, 0.2) is 53.4 Å². The number of Topliss-reactive ketones (excluding diaryl/α,β-unsaturated/α-hetero) is 1. The molecule has 0 unspecified atom stereocenters. The summed E-state index contributed by atoms with van der Waals surface area (Å²) >= 11 is 1.46. The SMILES string of the molecule is CCCC(=O)Nc1cccc(SCC(=O)c2ccc(OC)cc2)c1. The fourth-order valence-corrected chi connectivity index (χ4v) is 2.97. The van der Waals surface area contributed by atoms with E-state index in [0.29, 0.717) is 17.7 Å². The van der Waals surface area contributed by atoms with Crippen LogP contribution < -0.4 is 10.1 Å². The second kappa shape index (κ2) is 9.13. The molecule has 24 heavy (non-hydrogen) atoms. The second-order valence-electron chi connectivity index (χ2n) is 5.27. The number of ketones is 1. The molecular formula is C19H21NO3S. The van der Waals surface area contributed by atoms with Gasteiger partial charge in [0.05, 0.1) is 12.9 Å². The Kier molecular flexibility index (Phi) is 6.88. The molecule has 5 heteroatoms. The van der Waals surface area contributed by atoms with Gasteiger partial charge in [0, 0.05) is 22.6 Å². The van der Waals surface area contributed by atoms with Gasteiger partial charge in [0.15, 0.2) is 5.78 Å². The molecule has 0 radical (unpaired) electrons. The van der Waals surface area contributed by atoms with Crippen molar-refractivity contribution in [2.24, 2.45) is 0 Å². The highest BCUT2D eigenvalue weighted by molar-refractivity contribution is 8.00. The molecule has 0 bridgehead atoms. The number of ether oxygens (including phenoxy) is 1. The van der Waals surface area contributed by atoms with Crippen LogP contribution in [-0.2, 0) is 4.79 Å². The molecule has 0 aromatic heterocycles. The average molecular weight is 343 g/mol. The van der Waals surface area contributed by atoms with Gasteiger partial charge >= 0.3 is 0 Å². The van der Waals surface area contributed by atoms with E-state index in [2.05, 4.69) is 5.32 Å². The molecule has 1 amide bonds. The van der Waals surface area contributed by atoms with Gasteiger partial charge in [-0.05, 0) is 48.9 Å². The highest BCUT2D eigenvalue weighted by Crippen LogP contribution is 2.23. The molecule has 2 rings (SSSR count). The van der Waals surface area contributed by atoms with E-state index >= 15 is 0 Å². The summed E-state index contributed by atoms with van der Waals surface area (Å²) < 4.78 is 5.09. The Labute approximate surface area is 146 Å². The summed E-state index contributed by atoms with van der Waals surface area (Å²) in [7, 11) is 1.60. The van der Waals surface area contributed by atoms with Crippen molar-refractivity contribution in [2.75, 3.05) is 18.2 Å². The Balaban J connectivity index is 1.93. The highest BCUT2D eigenvalue weighted by atomic mass is 32.2. The molecule has 0 aliphatic rings. The van der Waals surface area contributed by atoms with Gasteiger partial charge in [0.1, 0.15) is 5.75 Å². The van der Waals surface area contributed by atoms with Gasteiger partial charge in [-0.15, -0.1) is 11.8 Å². The Hall–Kier alpha value is -2.27. The lowest BCUT2D eigenvalue weighted by atomic mass is 10.1. The van der Waals surface area contributed by atoms with Gasteiger partial charge in [-0.2, -0.15) is 0 Å². The van der Waals surface area contributed by atoms with Gasteiger partial charge in [0.2, 0.25) is 5.91 Å². The molecule has 0 atom stereocenters. The molecule has 0 aliphatic carbocycles. The lowest BCUT2D eigenvalue weighted by Gasteiger charge is -2.07. The second-order valence-corrected chi connectivity index (χ2v) is 6.32. The van der Waals surface area contributed by atoms with Gasteiger partial charge in [-0.3, -0.25) is 9.59 Å². The predicted octanol–water partition coefficient (Wildman–Crippen LogP) is 4.41. The Morgan fingerprint density at radius 2 is 1.88 bits per heavy atom. The van der Waals surface area contributed by atoms with Crippen LogP contribution in [0.3, 0.4) is 0 Å². The zero-order chi connectivity index (χ0) is 17.4. The van der Waals surface area contributed by atoms with Crippen LogP contribution in [0.2, 0.25) is 0 Å². The summed E-state index contributed by atoms with van der Waals surface area (Å²) in [4.78, 5) is 24.8. The van der Waals surface area contributed by atoms with E-state index in [1.54, 1.807) is 31.4 Å². The first-order valence-corrected chi connectivity index (χ1v) is 8.81. The summed E-state index contributed by atoms with van der Waals surface area (Å²) in [5, 5.41) is 2.86. The Morgan fingerprint density at radius 1 is 1.12 bits per heavy atom. The standard InChI is InChI=1S/C19H21NO3S/c1-3-5-19(22)20-15-6-4-7-17(12-15)24-13-18(21)14-8-10-16(23-2)11-9-14/h4,6-12H,3,5,13H2,1-2H3,(H,20,22). The number of benzene rings is 2. The highest BCUT2D eigenvalue weighted by Gasteiger charge is 2.08. The summed E-state index contributed by atoms with van der Waals surface area (Å²) in [6.07, 6.45) is 1.32. The van der Waals surface area contributed by atoms with Gasteiger partial charge in [0.25, 0.3) is 0 Å². The molecule has 0 saturated carbocycles. The Morgan fingerprint density at radius 3 is 2.54 bits per heavy atom. The van der Waals surface area contributed by atoms with Crippen molar-refractivity contribution < 1.29 is 14.3 Å². The third-order valence-corrected chi connectivity index (χ3v) is 4.37. The monoisotopic (exact) mass is 343 g/mol. The summed E-state index contributed by atoms with van der Waals surface area (Å²) in [6, 6.07) is 14.6. The maximum atomic E-state index is 12.2. The van der Waals surface area contributed by atoms with Gasteiger partial charge < -0.3 is 10.1 Å². The molecule has 4 nitrogen and oxygen atoms in total. The van der Waals surface area contributed by atoms with E-state index in [0.717, 1.165) is 22.8 Å². The minimum absolute atomic E-state index is 0.00830. The van der Waals surface area contributed by atoms with Crippen molar-refractivity contribution in [1.82, 2.24) is 0 Å². The number of carbonyl (C=O) groups is 2. The predicted molar refractivity (Wildman–Crippen MR) is 98.0 cm³/mol. The number of rotatable bonds is 8. The third kappa shape index (κ3) is 5.42. The lowest BCUT2D eigenvalue weighted by molar-refractivity contribution is -0.116. The number of hydrogen-bond donors (Lipinski definition) is 1. The van der Waals surface area contributed by atoms with E-state index in [1.165, 1.54) is 11.8 Å². The van der Waals surface area contributed by atoms with Crippen molar-refractivity contribution in [2.45, 2.75) is 24.7 Å². The maximum absolute atomic E-state index is 12.2. The van der Waals surface area contributed by atoms with E-state index in [1.807, 2.05) is 31.2 Å². The van der Waals surface area contributed by atoms with Crippen molar-refractivity contribution in [3.05, 3.63) is 54.1 Å². The number of thioether (sulfide) groups is 1. The largest absolute Gasteiger partial charge is 0.497 e. The molecule has 0 saturated heterocycles. The third-order valence-electron chi connectivity index (χ3n) is 3.38. The summed E-state index contributed by atoms with van der Waals surface area (Å²) in [6.45, 7) is 1.97. The summed E-state index contributed by atoms with van der Waals surface area (Å²) in [5.41, 5.74) is 1.42. The normalized spacial score (nSPS) is 10.2. The first kappa shape index (κ1) is 18.1. The van der Waals surface area contributed by atoms with Crippen LogP contribution in [0.4, 0.5) is 5.69 Å². The van der Waals surface area contributed by atoms with Crippen molar-refractivity contribution in [1.29, 1.82) is 0 Å². The van der Waals surface area contributed by atoms with Crippen molar-refractivity contribution in [3.8, 4) is 5.75 Å². The van der Waals surface area contributed by atoms with Crippen LogP contribution in [-0.4, -0.2) is 24.6 Å². The van der Waals surface area contributed by atoms with Crippen LogP contribution in [0, 0.1) is 0 Å². The topological polar surface area (TPSA) is 55.4 Å². The maximum Gasteiger partial charge on any atom is 0.224 e.